The Morgan fingerprint density at radius 2 is 2.36 bits per heavy atom. The lowest BCUT2D eigenvalue weighted by Crippen LogP contribution is -2.52. The van der Waals surface area contributed by atoms with Crippen molar-refractivity contribution in [2.75, 3.05) is 25.5 Å². The molecule has 0 unspecified atom stereocenters. The number of nitriles is 1. The summed E-state index contributed by atoms with van der Waals surface area (Å²) >= 11 is 0. The number of likely N-dealkylation sites (N-methyl/N-ethyl adjacent to an activating group) is 1. The highest BCUT2D eigenvalue weighted by Crippen LogP contribution is 2.11. The third-order valence-electron chi connectivity index (χ3n) is 2.20. The molecule has 0 spiro atoms. The summed E-state index contributed by atoms with van der Waals surface area (Å²) in [5.41, 5.74) is 0.398. The van der Waals surface area contributed by atoms with Crippen LogP contribution in [0, 0.1) is 11.3 Å². The zero-order valence-corrected chi connectivity index (χ0v) is 7.94. The summed E-state index contributed by atoms with van der Waals surface area (Å²) in [4.78, 5) is 10.1. The fraction of sp³-hybridized carbons (Fsp3) is 0.444. The molecule has 5 heteroatoms. The van der Waals surface area contributed by atoms with Crippen molar-refractivity contribution in [2.24, 2.45) is 0 Å². The Morgan fingerprint density at radius 1 is 1.57 bits per heavy atom. The summed E-state index contributed by atoms with van der Waals surface area (Å²) in [6, 6.07) is 4.09. The predicted octanol–water partition coefficient (Wildman–Crippen LogP) is 0.0742. The maximum absolute atomic E-state index is 8.63. The number of anilines is 1. The highest BCUT2D eigenvalue weighted by molar-refractivity contribution is 5.40. The second-order valence-corrected chi connectivity index (χ2v) is 3.46. The van der Waals surface area contributed by atoms with E-state index in [1.54, 1.807) is 6.07 Å². The van der Waals surface area contributed by atoms with Gasteiger partial charge in [0.05, 0.1) is 6.04 Å². The number of hydrogen-bond donors (Lipinski definition) is 1. The van der Waals surface area contributed by atoms with Crippen LogP contribution in [0.3, 0.4) is 0 Å². The Bertz CT molecular complexity index is 364. The van der Waals surface area contributed by atoms with Crippen LogP contribution < -0.4 is 5.32 Å². The normalized spacial score (nSPS) is 17.1. The summed E-state index contributed by atoms with van der Waals surface area (Å²) in [5, 5.41) is 11.9. The van der Waals surface area contributed by atoms with Gasteiger partial charge in [0.2, 0.25) is 0 Å². The largest absolute Gasteiger partial charge is 0.365 e. The monoisotopic (exact) mass is 189 g/mol. The van der Waals surface area contributed by atoms with Crippen LogP contribution in [-0.2, 0) is 0 Å². The van der Waals surface area contributed by atoms with E-state index in [-0.39, 0.29) is 0 Å². The van der Waals surface area contributed by atoms with E-state index in [2.05, 4.69) is 27.2 Å². The van der Waals surface area contributed by atoms with Crippen LogP contribution in [0.15, 0.2) is 12.4 Å². The van der Waals surface area contributed by atoms with Crippen LogP contribution in [-0.4, -0.2) is 41.0 Å². The molecule has 1 aromatic rings. The highest BCUT2D eigenvalue weighted by atomic mass is 15.2. The van der Waals surface area contributed by atoms with E-state index in [1.807, 2.05) is 6.07 Å². The van der Waals surface area contributed by atoms with Gasteiger partial charge in [-0.3, -0.25) is 0 Å². The Morgan fingerprint density at radius 3 is 3.00 bits per heavy atom. The Kier molecular flexibility index (Phi) is 2.29. The Balaban J connectivity index is 2.00. The van der Waals surface area contributed by atoms with Gasteiger partial charge in [0.15, 0.2) is 0 Å². The molecule has 5 nitrogen and oxygen atoms in total. The molecule has 0 aromatic carbocycles. The molecule has 0 bridgehead atoms. The van der Waals surface area contributed by atoms with Crippen molar-refractivity contribution in [3.05, 3.63) is 18.1 Å². The van der Waals surface area contributed by atoms with Crippen LogP contribution >= 0.6 is 0 Å². The number of likely N-dealkylation sites (tertiary alicyclic amines) is 1. The Hall–Kier alpha value is -1.67. The average Bonchev–Trinajstić information content (AvgIpc) is 2.16. The third kappa shape index (κ3) is 1.80. The first-order valence-electron chi connectivity index (χ1n) is 4.45. The number of rotatable bonds is 2. The molecule has 0 amide bonds. The molecule has 1 saturated heterocycles. The molecule has 1 aliphatic heterocycles. The van der Waals surface area contributed by atoms with Crippen LogP contribution in [0.25, 0.3) is 0 Å². The molecule has 0 saturated carbocycles. The topological polar surface area (TPSA) is 64.8 Å². The molecular weight excluding hydrogens is 178 g/mol. The van der Waals surface area contributed by atoms with E-state index < -0.39 is 0 Å². The van der Waals surface area contributed by atoms with Gasteiger partial charge in [0.1, 0.15) is 23.9 Å². The van der Waals surface area contributed by atoms with E-state index in [1.165, 1.54) is 6.33 Å². The smallest absolute Gasteiger partial charge is 0.145 e. The van der Waals surface area contributed by atoms with Crippen LogP contribution in [0.4, 0.5) is 5.82 Å². The van der Waals surface area contributed by atoms with Gasteiger partial charge in [0.25, 0.3) is 0 Å². The second-order valence-electron chi connectivity index (χ2n) is 3.46. The first-order valence-corrected chi connectivity index (χ1v) is 4.45. The lowest BCUT2D eigenvalue weighted by atomic mass is 10.1. The fourth-order valence-electron chi connectivity index (χ4n) is 1.50. The zero-order chi connectivity index (χ0) is 9.97. The van der Waals surface area contributed by atoms with Crippen LogP contribution in [0.1, 0.15) is 5.69 Å². The van der Waals surface area contributed by atoms with Crippen molar-refractivity contribution in [1.82, 2.24) is 14.9 Å². The van der Waals surface area contributed by atoms with E-state index in [4.69, 9.17) is 5.26 Å². The van der Waals surface area contributed by atoms with Crippen molar-refractivity contribution in [1.29, 1.82) is 5.26 Å². The summed E-state index contributed by atoms with van der Waals surface area (Å²) in [6.45, 7) is 2.04. The van der Waals surface area contributed by atoms with Gasteiger partial charge < -0.3 is 10.2 Å². The predicted molar refractivity (Wildman–Crippen MR) is 51.7 cm³/mol. The van der Waals surface area contributed by atoms with Gasteiger partial charge in [-0.2, -0.15) is 5.26 Å². The van der Waals surface area contributed by atoms with Gasteiger partial charge in [-0.05, 0) is 7.05 Å². The molecule has 1 aliphatic rings. The molecule has 0 atom stereocenters. The third-order valence-corrected chi connectivity index (χ3v) is 2.20. The summed E-state index contributed by atoms with van der Waals surface area (Å²) in [6.07, 6.45) is 1.41. The molecule has 1 N–H and O–H groups in total. The molecule has 0 aliphatic carbocycles. The minimum Gasteiger partial charge on any atom is -0.365 e. The van der Waals surface area contributed by atoms with Gasteiger partial charge >= 0.3 is 0 Å². The molecular formula is C9H11N5. The number of hydrogen-bond acceptors (Lipinski definition) is 5. The van der Waals surface area contributed by atoms with Crippen molar-refractivity contribution in [3.8, 4) is 6.07 Å². The quantitative estimate of drug-likeness (QED) is 0.713. The first-order chi connectivity index (χ1) is 6.78. The summed E-state index contributed by atoms with van der Waals surface area (Å²) in [7, 11) is 2.07. The van der Waals surface area contributed by atoms with Crippen LogP contribution in [0.5, 0.6) is 0 Å². The fourth-order valence-corrected chi connectivity index (χ4v) is 1.50. The van der Waals surface area contributed by atoms with Crippen molar-refractivity contribution >= 4 is 5.82 Å². The lowest BCUT2D eigenvalue weighted by molar-refractivity contribution is 0.205. The molecule has 14 heavy (non-hydrogen) atoms. The van der Waals surface area contributed by atoms with Gasteiger partial charge in [-0.1, -0.05) is 0 Å². The minimum absolute atomic E-state index is 0.398. The van der Waals surface area contributed by atoms with Crippen molar-refractivity contribution in [2.45, 2.75) is 6.04 Å². The molecule has 1 aromatic heterocycles. The van der Waals surface area contributed by atoms with E-state index in [0.29, 0.717) is 11.7 Å². The average molecular weight is 189 g/mol. The molecule has 72 valence electrons. The first kappa shape index (κ1) is 8.91. The van der Waals surface area contributed by atoms with Gasteiger partial charge in [0, 0.05) is 19.2 Å². The Labute approximate surface area is 82.4 Å². The van der Waals surface area contributed by atoms with Crippen molar-refractivity contribution in [3.63, 3.8) is 0 Å². The molecule has 2 rings (SSSR count). The lowest BCUT2D eigenvalue weighted by Gasteiger charge is -2.36. The molecule has 2 heterocycles. The zero-order valence-electron chi connectivity index (χ0n) is 7.94. The van der Waals surface area contributed by atoms with Crippen molar-refractivity contribution < 1.29 is 0 Å². The molecule has 0 radical (unpaired) electrons. The number of aromatic nitrogens is 2. The maximum atomic E-state index is 8.63. The van der Waals surface area contributed by atoms with Gasteiger partial charge in [-0.25, -0.2) is 9.97 Å². The standard InChI is InChI=1S/C9H11N5/c1-14-4-8(5-14)13-9-2-7(3-10)11-6-12-9/h2,6,8H,4-5H2,1H3,(H,11,12,13). The molecule has 1 fully saturated rings. The van der Waals surface area contributed by atoms with E-state index in [9.17, 15) is 0 Å². The highest BCUT2D eigenvalue weighted by Gasteiger charge is 2.22. The SMILES string of the molecule is CN1CC(Nc2cc(C#N)ncn2)C1. The number of nitrogens with one attached hydrogen (secondary N) is 1. The number of nitrogens with zero attached hydrogens (tertiary/aromatic N) is 4. The van der Waals surface area contributed by atoms with Gasteiger partial charge in [-0.15, -0.1) is 0 Å². The van der Waals surface area contributed by atoms with E-state index in [0.717, 1.165) is 18.9 Å². The summed E-state index contributed by atoms with van der Waals surface area (Å²) < 4.78 is 0. The van der Waals surface area contributed by atoms with E-state index >= 15 is 0 Å². The van der Waals surface area contributed by atoms with Crippen LogP contribution in [0.2, 0.25) is 0 Å². The summed E-state index contributed by atoms with van der Waals surface area (Å²) in [5.74, 6) is 0.731. The maximum Gasteiger partial charge on any atom is 0.145 e. The minimum atomic E-state index is 0.398. The second kappa shape index (κ2) is 3.60.